The zero-order chi connectivity index (χ0) is 9.14. The van der Waals surface area contributed by atoms with Gasteiger partial charge in [-0.25, -0.2) is 4.98 Å². The first-order chi connectivity index (χ1) is 5.63. The molecule has 0 fully saturated rings. The maximum absolute atomic E-state index is 10.3. The molecular weight excluding hydrogens is 156 g/mol. The quantitative estimate of drug-likeness (QED) is 0.355. The Balaban J connectivity index is 3.26. The summed E-state index contributed by atoms with van der Waals surface area (Å²) in [6.07, 6.45) is 5.05. The number of hydrogen-bond donors (Lipinski definition) is 0. The van der Waals surface area contributed by atoms with Gasteiger partial charge >= 0.3 is 0 Å². The third kappa shape index (κ3) is 1.58. The molecule has 1 aromatic rings. The molecule has 0 aliphatic heterocycles. The normalized spacial score (nSPS) is 9.00. The lowest BCUT2D eigenvalue weighted by molar-refractivity contribution is -0.385. The van der Waals surface area contributed by atoms with Crippen LogP contribution in [0.5, 0.6) is 0 Å². The van der Waals surface area contributed by atoms with Crippen molar-refractivity contribution in [1.29, 1.82) is 0 Å². The van der Waals surface area contributed by atoms with E-state index in [-0.39, 0.29) is 5.69 Å². The third-order valence-electron chi connectivity index (χ3n) is 1.30. The Morgan fingerprint density at radius 2 is 2.33 bits per heavy atom. The molecule has 0 aliphatic carbocycles. The molecule has 0 saturated heterocycles. The Morgan fingerprint density at radius 3 is 2.83 bits per heavy atom. The van der Waals surface area contributed by atoms with Crippen LogP contribution in [0.4, 0.5) is 5.69 Å². The second-order valence-electron chi connectivity index (χ2n) is 2.25. The highest BCUT2D eigenvalue weighted by Crippen LogP contribution is 2.12. The Hall–Kier alpha value is -1.89. The number of aromatic nitrogens is 1. The molecule has 0 saturated carbocycles. The molecule has 4 nitrogen and oxygen atoms in total. The highest BCUT2D eigenvalue weighted by atomic mass is 16.6. The molecule has 4 heteroatoms. The monoisotopic (exact) mass is 162 g/mol. The maximum atomic E-state index is 10.3. The van der Waals surface area contributed by atoms with Crippen LogP contribution < -0.4 is 0 Å². The summed E-state index contributed by atoms with van der Waals surface area (Å²) in [7, 11) is 0. The van der Waals surface area contributed by atoms with Crippen molar-refractivity contribution in [2.45, 2.75) is 6.92 Å². The SMILES string of the molecule is C#Cc1cc([N+](=O)[O-])cc(C)n1. The van der Waals surface area contributed by atoms with Gasteiger partial charge in [-0.2, -0.15) is 0 Å². The smallest absolute Gasteiger partial charge is 0.258 e. The van der Waals surface area contributed by atoms with Crippen LogP contribution in [0.15, 0.2) is 12.1 Å². The van der Waals surface area contributed by atoms with Crippen LogP contribution in [0.25, 0.3) is 0 Å². The summed E-state index contributed by atoms with van der Waals surface area (Å²) in [5.74, 6) is 2.25. The van der Waals surface area contributed by atoms with E-state index in [2.05, 4.69) is 10.9 Å². The number of pyridine rings is 1. The number of rotatable bonds is 1. The summed E-state index contributed by atoms with van der Waals surface area (Å²) in [5.41, 5.74) is 0.828. The van der Waals surface area contributed by atoms with Gasteiger partial charge < -0.3 is 0 Å². The molecular formula is C8H6N2O2. The summed E-state index contributed by atoms with van der Waals surface area (Å²) in [6.45, 7) is 1.66. The second-order valence-corrected chi connectivity index (χ2v) is 2.25. The van der Waals surface area contributed by atoms with Crippen molar-refractivity contribution in [3.8, 4) is 12.3 Å². The van der Waals surface area contributed by atoms with E-state index in [1.54, 1.807) is 6.92 Å². The average molecular weight is 162 g/mol. The van der Waals surface area contributed by atoms with Crippen LogP contribution in [0.2, 0.25) is 0 Å². The van der Waals surface area contributed by atoms with Gasteiger partial charge in [-0.3, -0.25) is 10.1 Å². The van der Waals surface area contributed by atoms with Gasteiger partial charge in [0.15, 0.2) is 0 Å². The zero-order valence-electron chi connectivity index (χ0n) is 6.44. The fourth-order valence-electron chi connectivity index (χ4n) is 0.830. The molecule has 1 rings (SSSR count). The minimum absolute atomic E-state index is 0.0181. The maximum Gasteiger partial charge on any atom is 0.274 e. The molecule has 0 N–H and O–H groups in total. The predicted molar refractivity (Wildman–Crippen MR) is 43.6 cm³/mol. The van der Waals surface area contributed by atoms with E-state index in [1.165, 1.54) is 12.1 Å². The molecule has 60 valence electrons. The topological polar surface area (TPSA) is 56.0 Å². The molecule has 1 aromatic heterocycles. The number of nitrogens with zero attached hydrogens (tertiary/aromatic N) is 2. The van der Waals surface area contributed by atoms with Gasteiger partial charge in [0.25, 0.3) is 5.69 Å². The third-order valence-corrected chi connectivity index (χ3v) is 1.30. The fraction of sp³-hybridized carbons (Fsp3) is 0.125. The number of terminal acetylenes is 1. The number of nitro groups is 1. The minimum atomic E-state index is -0.491. The van der Waals surface area contributed by atoms with Gasteiger partial charge in [-0.05, 0) is 12.8 Å². The molecule has 0 atom stereocenters. The lowest BCUT2D eigenvalue weighted by Crippen LogP contribution is -1.93. The van der Waals surface area contributed by atoms with E-state index >= 15 is 0 Å². The van der Waals surface area contributed by atoms with E-state index in [1.807, 2.05) is 0 Å². The van der Waals surface area contributed by atoms with Gasteiger partial charge in [0, 0.05) is 11.8 Å². The van der Waals surface area contributed by atoms with E-state index in [0.717, 1.165) is 0 Å². The first-order valence-corrected chi connectivity index (χ1v) is 3.23. The van der Waals surface area contributed by atoms with E-state index in [0.29, 0.717) is 11.4 Å². The molecule has 0 aromatic carbocycles. The largest absolute Gasteiger partial charge is 0.274 e. The Labute approximate surface area is 69.4 Å². The fourth-order valence-corrected chi connectivity index (χ4v) is 0.830. The van der Waals surface area contributed by atoms with Crippen molar-refractivity contribution < 1.29 is 4.92 Å². The zero-order valence-corrected chi connectivity index (χ0v) is 6.44. The number of aryl methyl sites for hydroxylation is 1. The van der Waals surface area contributed by atoms with E-state index < -0.39 is 4.92 Å². The summed E-state index contributed by atoms with van der Waals surface area (Å²) >= 11 is 0. The van der Waals surface area contributed by atoms with Crippen molar-refractivity contribution in [2.24, 2.45) is 0 Å². The Kier molecular flexibility index (Phi) is 2.06. The van der Waals surface area contributed by atoms with Crippen LogP contribution in [0.1, 0.15) is 11.4 Å². The molecule has 0 bridgehead atoms. The van der Waals surface area contributed by atoms with Crippen LogP contribution in [-0.4, -0.2) is 9.91 Å². The molecule has 0 radical (unpaired) electrons. The molecule has 12 heavy (non-hydrogen) atoms. The molecule has 0 spiro atoms. The summed E-state index contributed by atoms with van der Waals surface area (Å²) < 4.78 is 0. The Morgan fingerprint density at radius 1 is 1.67 bits per heavy atom. The van der Waals surface area contributed by atoms with Gasteiger partial charge in [0.05, 0.1) is 11.0 Å². The van der Waals surface area contributed by atoms with E-state index in [4.69, 9.17) is 6.42 Å². The van der Waals surface area contributed by atoms with Crippen LogP contribution in [-0.2, 0) is 0 Å². The van der Waals surface area contributed by atoms with Gasteiger partial charge in [-0.1, -0.05) is 0 Å². The second kappa shape index (κ2) is 3.01. The van der Waals surface area contributed by atoms with Crippen molar-refractivity contribution in [2.75, 3.05) is 0 Å². The van der Waals surface area contributed by atoms with Crippen molar-refractivity contribution in [3.63, 3.8) is 0 Å². The van der Waals surface area contributed by atoms with Crippen LogP contribution in [0.3, 0.4) is 0 Å². The summed E-state index contributed by atoms with van der Waals surface area (Å²) in [6, 6.07) is 2.65. The summed E-state index contributed by atoms with van der Waals surface area (Å²) in [5, 5.41) is 10.3. The lowest BCUT2D eigenvalue weighted by Gasteiger charge is -1.94. The van der Waals surface area contributed by atoms with Gasteiger partial charge in [0.2, 0.25) is 0 Å². The number of hydrogen-bond acceptors (Lipinski definition) is 3. The van der Waals surface area contributed by atoms with Gasteiger partial charge in [0.1, 0.15) is 5.69 Å². The average Bonchev–Trinajstić information content (AvgIpc) is 2.03. The van der Waals surface area contributed by atoms with Crippen LogP contribution in [0, 0.1) is 29.4 Å². The van der Waals surface area contributed by atoms with Crippen LogP contribution >= 0.6 is 0 Å². The highest BCUT2D eigenvalue weighted by Gasteiger charge is 2.07. The van der Waals surface area contributed by atoms with Gasteiger partial charge in [-0.15, -0.1) is 6.42 Å². The first kappa shape index (κ1) is 8.21. The molecule has 1 heterocycles. The van der Waals surface area contributed by atoms with Crippen molar-refractivity contribution in [1.82, 2.24) is 4.98 Å². The van der Waals surface area contributed by atoms with E-state index in [9.17, 15) is 10.1 Å². The standard InChI is InChI=1S/C8H6N2O2/c1-3-7-5-8(10(11)12)4-6(2)9-7/h1,4-5H,2H3. The first-order valence-electron chi connectivity index (χ1n) is 3.23. The van der Waals surface area contributed by atoms with Crippen molar-refractivity contribution in [3.05, 3.63) is 33.6 Å². The Bertz CT molecular complexity index is 366. The van der Waals surface area contributed by atoms with Crippen molar-refractivity contribution >= 4 is 5.69 Å². The highest BCUT2D eigenvalue weighted by molar-refractivity contribution is 5.38. The minimum Gasteiger partial charge on any atom is -0.258 e. The molecule has 0 aliphatic rings. The molecule has 0 unspecified atom stereocenters. The lowest BCUT2D eigenvalue weighted by atomic mass is 10.3. The predicted octanol–water partition coefficient (Wildman–Crippen LogP) is 1.28. The molecule has 0 amide bonds. The summed E-state index contributed by atoms with van der Waals surface area (Å²) in [4.78, 5) is 13.7.